The Morgan fingerprint density at radius 2 is 0.740 bits per heavy atom. The van der Waals surface area contributed by atoms with Gasteiger partial charge in [0.2, 0.25) is 0 Å². The fraction of sp³-hybridized carbons (Fsp3) is 0. The van der Waals surface area contributed by atoms with E-state index in [1.165, 1.54) is 70.9 Å². The number of nitrogens with zero attached hydrogens (tertiary/aromatic N) is 2. The molecule has 9 aromatic carbocycles. The summed E-state index contributed by atoms with van der Waals surface area (Å²) in [4.78, 5) is 2.32. The zero-order valence-corrected chi connectivity index (χ0v) is 27.4. The topological polar surface area (TPSA) is 8.17 Å². The number of hydrogen-bond acceptors (Lipinski definition) is 1. The average Bonchev–Trinajstić information content (AvgIpc) is 3.53. The summed E-state index contributed by atoms with van der Waals surface area (Å²) < 4.78 is 2.41. The van der Waals surface area contributed by atoms with Crippen LogP contribution in [0, 0.1) is 0 Å². The zero-order chi connectivity index (χ0) is 33.0. The molecule has 2 heteroatoms. The molecule has 2 nitrogen and oxygen atoms in total. The van der Waals surface area contributed by atoms with Gasteiger partial charge in [-0.25, -0.2) is 0 Å². The molecule has 0 aliphatic heterocycles. The SMILES string of the molecule is c1ccc(N(c2ccccc2)c2cccc(-c3ccc4c5ccc(-n6c7ccccc7c7ccccc76)cc5c5ccccc5c4c3)c2)cc1. The molecule has 50 heavy (non-hydrogen) atoms. The van der Waals surface area contributed by atoms with Crippen LogP contribution in [0.4, 0.5) is 17.1 Å². The van der Waals surface area contributed by atoms with Gasteiger partial charge in [-0.1, -0.05) is 127 Å². The highest BCUT2D eigenvalue weighted by Gasteiger charge is 2.16. The molecule has 0 N–H and O–H groups in total. The first-order valence-electron chi connectivity index (χ1n) is 17.2. The summed E-state index contributed by atoms with van der Waals surface area (Å²) in [7, 11) is 0. The van der Waals surface area contributed by atoms with Crippen molar-refractivity contribution in [3.05, 3.63) is 194 Å². The van der Waals surface area contributed by atoms with Crippen molar-refractivity contribution in [2.24, 2.45) is 0 Å². The molecule has 0 aliphatic rings. The Bertz CT molecular complexity index is 2750. The van der Waals surface area contributed by atoms with Crippen LogP contribution in [0.3, 0.4) is 0 Å². The molecule has 0 aliphatic carbocycles. The van der Waals surface area contributed by atoms with E-state index in [0.29, 0.717) is 0 Å². The van der Waals surface area contributed by atoms with Gasteiger partial charge in [0.15, 0.2) is 0 Å². The number of benzene rings is 9. The first kappa shape index (κ1) is 28.4. The summed E-state index contributed by atoms with van der Waals surface area (Å²) in [6.45, 7) is 0. The van der Waals surface area contributed by atoms with Gasteiger partial charge in [-0.05, 0) is 110 Å². The molecular formula is C48H32N2. The van der Waals surface area contributed by atoms with Crippen molar-refractivity contribution in [1.82, 2.24) is 4.57 Å². The number of rotatable bonds is 5. The van der Waals surface area contributed by atoms with Crippen LogP contribution in [0.15, 0.2) is 194 Å². The van der Waals surface area contributed by atoms with Crippen molar-refractivity contribution < 1.29 is 0 Å². The Kier molecular flexibility index (Phi) is 6.53. The van der Waals surface area contributed by atoms with Crippen LogP contribution in [-0.2, 0) is 0 Å². The molecule has 0 amide bonds. The number of para-hydroxylation sites is 4. The first-order chi connectivity index (χ1) is 24.8. The molecule has 0 saturated carbocycles. The summed E-state index contributed by atoms with van der Waals surface area (Å²) in [6, 6.07) is 70.4. The fourth-order valence-electron chi connectivity index (χ4n) is 7.89. The van der Waals surface area contributed by atoms with E-state index in [1.54, 1.807) is 0 Å². The van der Waals surface area contributed by atoms with Crippen molar-refractivity contribution in [2.75, 3.05) is 4.90 Å². The van der Waals surface area contributed by atoms with Gasteiger partial charge in [-0.3, -0.25) is 0 Å². The van der Waals surface area contributed by atoms with Gasteiger partial charge < -0.3 is 9.47 Å². The normalized spacial score (nSPS) is 11.6. The van der Waals surface area contributed by atoms with Crippen LogP contribution in [0.5, 0.6) is 0 Å². The molecule has 0 saturated heterocycles. The van der Waals surface area contributed by atoms with Gasteiger partial charge in [-0.15, -0.1) is 0 Å². The van der Waals surface area contributed by atoms with Gasteiger partial charge >= 0.3 is 0 Å². The molecular weight excluding hydrogens is 605 g/mol. The lowest BCUT2D eigenvalue weighted by Crippen LogP contribution is -2.09. The molecule has 10 rings (SSSR count). The zero-order valence-electron chi connectivity index (χ0n) is 27.4. The number of aromatic nitrogens is 1. The Balaban J connectivity index is 1.15. The minimum Gasteiger partial charge on any atom is -0.310 e. The van der Waals surface area contributed by atoms with Crippen LogP contribution >= 0.6 is 0 Å². The third kappa shape index (κ3) is 4.50. The third-order valence-electron chi connectivity index (χ3n) is 10.1. The molecule has 234 valence electrons. The highest BCUT2D eigenvalue weighted by atomic mass is 15.1. The minimum absolute atomic E-state index is 1.13. The fourth-order valence-corrected chi connectivity index (χ4v) is 7.89. The lowest BCUT2D eigenvalue weighted by molar-refractivity contribution is 1.19. The van der Waals surface area contributed by atoms with Gasteiger partial charge in [0.25, 0.3) is 0 Å². The van der Waals surface area contributed by atoms with Crippen molar-refractivity contribution in [1.29, 1.82) is 0 Å². The molecule has 1 heterocycles. The van der Waals surface area contributed by atoms with E-state index in [9.17, 15) is 0 Å². The average molecular weight is 637 g/mol. The number of anilines is 3. The van der Waals surface area contributed by atoms with E-state index in [4.69, 9.17) is 0 Å². The summed E-state index contributed by atoms with van der Waals surface area (Å²) >= 11 is 0. The lowest BCUT2D eigenvalue weighted by Gasteiger charge is -2.26. The highest BCUT2D eigenvalue weighted by Crippen LogP contribution is 2.41. The molecule has 0 fully saturated rings. The Hall–Kier alpha value is -6.64. The van der Waals surface area contributed by atoms with E-state index in [0.717, 1.165) is 17.1 Å². The smallest absolute Gasteiger partial charge is 0.0541 e. The Morgan fingerprint density at radius 3 is 1.36 bits per heavy atom. The largest absolute Gasteiger partial charge is 0.310 e. The predicted molar refractivity (Wildman–Crippen MR) is 213 cm³/mol. The second-order valence-electron chi connectivity index (χ2n) is 13.0. The standard InChI is InChI=1S/C48H32N2/c1-3-15-35(16-4-1)49(36-17-5-2-6-18-36)37-19-13-14-33(30-37)34-26-28-41-42-29-27-38(32-46(42)40-21-8-7-20-39(40)45(41)31-34)50-47-24-11-9-22-43(47)44-23-10-12-25-48(44)50/h1-32H. The van der Waals surface area contributed by atoms with Crippen molar-refractivity contribution >= 4 is 71.2 Å². The maximum absolute atomic E-state index is 2.41. The minimum atomic E-state index is 1.13. The predicted octanol–water partition coefficient (Wildman–Crippen LogP) is 13.4. The van der Waals surface area contributed by atoms with Gasteiger partial charge in [0.05, 0.1) is 11.0 Å². The van der Waals surface area contributed by atoms with Gasteiger partial charge in [0.1, 0.15) is 0 Å². The number of fused-ring (bicyclic) bond motifs is 9. The molecule has 0 bridgehead atoms. The summed E-state index contributed by atoms with van der Waals surface area (Å²) in [6.07, 6.45) is 0. The van der Waals surface area contributed by atoms with E-state index in [2.05, 4.69) is 204 Å². The summed E-state index contributed by atoms with van der Waals surface area (Å²) in [5.41, 5.74) is 9.40. The molecule has 0 radical (unpaired) electrons. The quantitative estimate of drug-likeness (QED) is 0.171. The Labute approximate surface area is 290 Å². The van der Waals surface area contributed by atoms with Gasteiger partial charge in [0, 0.05) is 33.5 Å². The van der Waals surface area contributed by atoms with Crippen LogP contribution in [0.2, 0.25) is 0 Å². The van der Waals surface area contributed by atoms with E-state index < -0.39 is 0 Å². The highest BCUT2D eigenvalue weighted by molar-refractivity contribution is 6.26. The molecule has 0 atom stereocenters. The van der Waals surface area contributed by atoms with Crippen LogP contribution in [0.1, 0.15) is 0 Å². The van der Waals surface area contributed by atoms with E-state index >= 15 is 0 Å². The maximum Gasteiger partial charge on any atom is 0.0541 e. The summed E-state index contributed by atoms with van der Waals surface area (Å²) in [5.74, 6) is 0. The second-order valence-corrected chi connectivity index (χ2v) is 13.0. The van der Waals surface area contributed by atoms with E-state index in [1.807, 2.05) is 0 Å². The maximum atomic E-state index is 2.41. The molecule has 10 aromatic rings. The van der Waals surface area contributed by atoms with Crippen LogP contribution in [0.25, 0.3) is 70.9 Å². The molecule has 0 spiro atoms. The number of hydrogen-bond donors (Lipinski definition) is 0. The first-order valence-corrected chi connectivity index (χ1v) is 17.2. The monoisotopic (exact) mass is 636 g/mol. The van der Waals surface area contributed by atoms with Crippen LogP contribution < -0.4 is 4.90 Å². The molecule has 1 aromatic heterocycles. The Morgan fingerprint density at radius 1 is 0.280 bits per heavy atom. The van der Waals surface area contributed by atoms with Crippen molar-refractivity contribution in [3.8, 4) is 16.8 Å². The van der Waals surface area contributed by atoms with Crippen LogP contribution in [-0.4, -0.2) is 4.57 Å². The lowest BCUT2D eigenvalue weighted by atomic mass is 9.91. The van der Waals surface area contributed by atoms with Crippen molar-refractivity contribution in [2.45, 2.75) is 0 Å². The second kappa shape index (κ2) is 11.5. The van der Waals surface area contributed by atoms with E-state index in [-0.39, 0.29) is 0 Å². The summed E-state index contributed by atoms with van der Waals surface area (Å²) in [5, 5.41) is 10.2. The third-order valence-corrected chi connectivity index (χ3v) is 10.1. The molecule has 0 unspecified atom stereocenters. The van der Waals surface area contributed by atoms with Gasteiger partial charge in [-0.2, -0.15) is 0 Å². The van der Waals surface area contributed by atoms with Crippen molar-refractivity contribution in [3.63, 3.8) is 0 Å².